The molecule has 0 aliphatic heterocycles. The molecule has 1 amide bonds. The van der Waals surface area contributed by atoms with Gasteiger partial charge in [0.2, 0.25) is 0 Å². The molecule has 0 aliphatic rings. The Morgan fingerprint density at radius 2 is 2.11 bits per heavy atom. The number of nitrogens with two attached hydrogens (primary N) is 1. The van der Waals surface area contributed by atoms with Gasteiger partial charge in [-0.25, -0.2) is 4.39 Å². The molecule has 0 aromatic heterocycles. The summed E-state index contributed by atoms with van der Waals surface area (Å²) in [7, 11) is 0. The van der Waals surface area contributed by atoms with Crippen molar-refractivity contribution in [2.75, 3.05) is 0 Å². The highest BCUT2D eigenvalue weighted by molar-refractivity contribution is 7.80. The Kier molecular flexibility index (Phi) is 5.04. The number of hydrogen-bond donors (Lipinski definition) is 2. The fraction of sp³-hybridized carbons (Fsp3) is 0.333. The summed E-state index contributed by atoms with van der Waals surface area (Å²) in [5.41, 5.74) is 5.72. The van der Waals surface area contributed by atoms with Crippen LogP contribution in [0.15, 0.2) is 18.2 Å². The van der Waals surface area contributed by atoms with Gasteiger partial charge in [-0.2, -0.15) is 0 Å². The molecule has 0 saturated carbocycles. The number of thiocarbonyl (C=S) groups is 1. The molecular formula is C12H14ClFN2OS. The van der Waals surface area contributed by atoms with Crippen LogP contribution >= 0.6 is 23.8 Å². The van der Waals surface area contributed by atoms with Crippen LogP contribution in [-0.2, 0) is 0 Å². The summed E-state index contributed by atoms with van der Waals surface area (Å²) < 4.78 is 13.2. The molecular weight excluding hydrogens is 275 g/mol. The molecule has 0 saturated heterocycles. The SMILES string of the molecule is CC(C)C(NC(=O)c1ccc(Cl)c(F)c1)C(N)=S. The number of halogens is 2. The van der Waals surface area contributed by atoms with Crippen LogP contribution in [0.5, 0.6) is 0 Å². The first-order chi connectivity index (χ1) is 8.32. The van der Waals surface area contributed by atoms with Gasteiger partial charge in [0.15, 0.2) is 0 Å². The van der Waals surface area contributed by atoms with Crippen molar-refractivity contribution in [2.24, 2.45) is 11.7 Å². The van der Waals surface area contributed by atoms with Gasteiger partial charge in [0, 0.05) is 5.56 Å². The molecule has 1 unspecified atom stereocenters. The standard InChI is InChI=1S/C12H14ClFN2OS/c1-6(2)10(11(15)18)16-12(17)7-3-4-8(13)9(14)5-7/h3-6,10H,1-2H3,(H2,15,18)(H,16,17). The van der Waals surface area contributed by atoms with Crippen LogP contribution in [0.25, 0.3) is 0 Å². The first kappa shape index (κ1) is 14.9. The minimum Gasteiger partial charge on any atom is -0.392 e. The third-order valence-corrected chi connectivity index (χ3v) is 3.00. The molecule has 0 aliphatic carbocycles. The number of benzene rings is 1. The maximum absolute atomic E-state index is 13.2. The van der Waals surface area contributed by atoms with Crippen LogP contribution in [0.3, 0.4) is 0 Å². The highest BCUT2D eigenvalue weighted by Crippen LogP contribution is 2.16. The maximum atomic E-state index is 13.2. The number of amides is 1. The van der Waals surface area contributed by atoms with Gasteiger partial charge in [0.25, 0.3) is 5.91 Å². The summed E-state index contributed by atoms with van der Waals surface area (Å²) >= 11 is 10.4. The number of hydrogen-bond acceptors (Lipinski definition) is 2. The monoisotopic (exact) mass is 288 g/mol. The molecule has 3 N–H and O–H groups in total. The second-order valence-electron chi connectivity index (χ2n) is 4.23. The Morgan fingerprint density at radius 3 is 2.56 bits per heavy atom. The van der Waals surface area contributed by atoms with Crippen molar-refractivity contribution in [1.29, 1.82) is 0 Å². The molecule has 1 rings (SSSR count). The van der Waals surface area contributed by atoms with Gasteiger partial charge in [-0.1, -0.05) is 37.7 Å². The molecule has 3 nitrogen and oxygen atoms in total. The number of rotatable bonds is 4. The van der Waals surface area contributed by atoms with Crippen molar-refractivity contribution in [2.45, 2.75) is 19.9 Å². The summed E-state index contributed by atoms with van der Waals surface area (Å²) in [5, 5.41) is 2.64. The lowest BCUT2D eigenvalue weighted by atomic mass is 10.0. The molecule has 1 aromatic rings. The third kappa shape index (κ3) is 3.65. The number of nitrogens with one attached hydrogen (secondary N) is 1. The second kappa shape index (κ2) is 6.11. The Labute approximate surface area is 115 Å². The Bertz CT molecular complexity index is 479. The van der Waals surface area contributed by atoms with E-state index in [-0.39, 0.29) is 21.5 Å². The molecule has 0 heterocycles. The van der Waals surface area contributed by atoms with Crippen LogP contribution in [0.2, 0.25) is 5.02 Å². The van der Waals surface area contributed by atoms with Gasteiger partial charge in [0.05, 0.1) is 16.1 Å². The summed E-state index contributed by atoms with van der Waals surface area (Å²) in [6.07, 6.45) is 0. The van der Waals surface area contributed by atoms with Crippen LogP contribution in [0, 0.1) is 11.7 Å². The Balaban J connectivity index is 2.87. The smallest absolute Gasteiger partial charge is 0.251 e. The quantitative estimate of drug-likeness (QED) is 0.837. The zero-order valence-corrected chi connectivity index (χ0v) is 11.6. The van der Waals surface area contributed by atoms with E-state index in [9.17, 15) is 9.18 Å². The van der Waals surface area contributed by atoms with Gasteiger partial charge < -0.3 is 11.1 Å². The minimum absolute atomic E-state index is 0.0266. The summed E-state index contributed by atoms with van der Waals surface area (Å²) in [6, 6.07) is 3.43. The highest BCUT2D eigenvalue weighted by atomic mass is 35.5. The van der Waals surface area contributed by atoms with Crippen molar-refractivity contribution < 1.29 is 9.18 Å². The van der Waals surface area contributed by atoms with Gasteiger partial charge >= 0.3 is 0 Å². The predicted molar refractivity (Wildman–Crippen MR) is 74.3 cm³/mol. The molecule has 18 heavy (non-hydrogen) atoms. The molecule has 1 atom stereocenters. The zero-order chi connectivity index (χ0) is 13.9. The zero-order valence-electron chi connectivity index (χ0n) is 10.0. The largest absolute Gasteiger partial charge is 0.392 e. The average molecular weight is 289 g/mol. The van der Waals surface area contributed by atoms with Crippen LogP contribution in [-0.4, -0.2) is 16.9 Å². The number of carbonyl (C=O) groups is 1. The van der Waals surface area contributed by atoms with E-state index in [1.165, 1.54) is 12.1 Å². The van der Waals surface area contributed by atoms with Gasteiger partial charge in [-0.15, -0.1) is 0 Å². The first-order valence-corrected chi connectivity index (χ1v) is 6.16. The lowest BCUT2D eigenvalue weighted by Crippen LogP contribution is -2.46. The van der Waals surface area contributed by atoms with E-state index in [1.54, 1.807) is 0 Å². The van der Waals surface area contributed by atoms with Crippen LogP contribution in [0.4, 0.5) is 4.39 Å². The average Bonchev–Trinajstić information content (AvgIpc) is 2.28. The molecule has 98 valence electrons. The van der Waals surface area contributed by atoms with E-state index in [2.05, 4.69) is 5.32 Å². The molecule has 0 spiro atoms. The topological polar surface area (TPSA) is 55.1 Å². The van der Waals surface area contributed by atoms with Crippen molar-refractivity contribution in [3.05, 3.63) is 34.6 Å². The van der Waals surface area contributed by atoms with E-state index >= 15 is 0 Å². The normalized spacial score (nSPS) is 12.3. The molecule has 0 radical (unpaired) electrons. The minimum atomic E-state index is -0.638. The van der Waals surface area contributed by atoms with E-state index in [1.807, 2.05) is 13.8 Å². The Hall–Kier alpha value is -1.20. The first-order valence-electron chi connectivity index (χ1n) is 5.38. The maximum Gasteiger partial charge on any atom is 0.251 e. The Morgan fingerprint density at radius 1 is 1.50 bits per heavy atom. The van der Waals surface area contributed by atoms with E-state index < -0.39 is 17.8 Å². The lowest BCUT2D eigenvalue weighted by Gasteiger charge is -2.21. The molecule has 0 bridgehead atoms. The lowest BCUT2D eigenvalue weighted by molar-refractivity contribution is 0.0939. The molecule has 0 fully saturated rings. The summed E-state index contributed by atoms with van der Waals surface area (Å²) in [5.74, 6) is -1.01. The van der Waals surface area contributed by atoms with Crippen LogP contribution in [0.1, 0.15) is 24.2 Å². The predicted octanol–water partition coefficient (Wildman–Crippen LogP) is 2.52. The van der Waals surface area contributed by atoms with Crippen molar-refractivity contribution in [3.8, 4) is 0 Å². The highest BCUT2D eigenvalue weighted by Gasteiger charge is 2.20. The van der Waals surface area contributed by atoms with Gasteiger partial charge in [0.1, 0.15) is 5.82 Å². The summed E-state index contributed by atoms with van der Waals surface area (Å²) in [6.45, 7) is 3.76. The van der Waals surface area contributed by atoms with Crippen molar-refractivity contribution in [1.82, 2.24) is 5.32 Å². The van der Waals surface area contributed by atoms with E-state index in [0.29, 0.717) is 0 Å². The molecule has 1 aromatic carbocycles. The fourth-order valence-electron chi connectivity index (χ4n) is 1.43. The fourth-order valence-corrected chi connectivity index (χ4v) is 1.88. The van der Waals surface area contributed by atoms with Crippen LogP contribution < -0.4 is 11.1 Å². The second-order valence-corrected chi connectivity index (χ2v) is 5.11. The van der Waals surface area contributed by atoms with Gasteiger partial charge in [-0.05, 0) is 24.1 Å². The third-order valence-electron chi connectivity index (χ3n) is 2.44. The van der Waals surface area contributed by atoms with E-state index in [0.717, 1.165) is 6.07 Å². The van der Waals surface area contributed by atoms with Gasteiger partial charge in [-0.3, -0.25) is 4.79 Å². The van der Waals surface area contributed by atoms with Crippen molar-refractivity contribution >= 4 is 34.7 Å². The van der Waals surface area contributed by atoms with E-state index in [4.69, 9.17) is 29.6 Å². The molecule has 6 heteroatoms. The van der Waals surface area contributed by atoms with Crippen molar-refractivity contribution in [3.63, 3.8) is 0 Å². The number of carbonyl (C=O) groups excluding carboxylic acids is 1. The summed E-state index contributed by atoms with van der Waals surface area (Å²) in [4.78, 5) is 12.1.